The summed E-state index contributed by atoms with van der Waals surface area (Å²) in [6, 6.07) is 12.1. The number of aromatic nitrogens is 2. The van der Waals surface area contributed by atoms with Gasteiger partial charge in [0, 0.05) is 48.1 Å². The summed E-state index contributed by atoms with van der Waals surface area (Å²) >= 11 is 3.50. The topological polar surface area (TPSA) is 90.5 Å². The molecule has 3 heterocycles. The zero-order valence-electron chi connectivity index (χ0n) is 18.4. The smallest absolute Gasteiger partial charge is 0.239 e. The standard InChI is InChI=1S/C24H24BrFN6O2/c25-19-4-2-1-3-15(19)11-22(34)31-9-7-17(13-31)28-24-29-20-12-16(26)5-6-18(20)23(30-24)32-10-8-27-21(33)14-32/h1-6,12,17H,7-11,13-14H2,(H,27,33)(H,28,29,30)/t17-/m0/s1. The zero-order valence-corrected chi connectivity index (χ0v) is 20.0. The zero-order chi connectivity index (χ0) is 23.7. The third-order valence-electron chi connectivity index (χ3n) is 6.15. The molecule has 10 heteroatoms. The second kappa shape index (κ2) is 9.54. The fourth-order valence-electron chi connectivity index (χ4n) is 4.41. The van der Waals surface area contributed by atoms with Crippen molar-refractivity contribution in [1.29, 1.82) is 0 Å². The number of anilines is 2. The fraction of sp³-hybridized carbons (Fsp3) is 0.333. The highest BCUT2D eigenvalue weighted by molar-refractivity contribution is 9.10. The van der Waals surface area contributed by atoms with Crippen LogP contribution in [-0.4, -0.2) is 65.4 Å². The largest absolute Gasteiger partial charge is 0.353 e. The van der Waals surface area contributed by atoms with Gasteiger partial charge in [-0.3, -0.25) is 9.59 Å². The second-order valence-corrected chi connectivity index (χ2v) is 9.40. The molecule has 1 atom stereocenters. The van der Waals surface area contributed by atoms with E-state index in [-0.39, 0.29) is 30.2 Å². The Kier molecular flexibility index (Phi) is 6.32. The van der Waals surface area contributed by atoms with E-state index in [0.29, 0.717) is 55.3 Å². The van der Waals surface area contributed by atoms with Gasteiger partial charge in [-0.1, -0.05) is 34.1 Å². The lowest BCUT2D eigenvalue weighted by atomic mass is 10.1. The van der Waals surface area contributed by atoms with Crippen molar-refractivity contribution >= 4 is 50.4 Å². The lowest BCUT2D eigenvalue weighted by Gasteiger charge is -2.29. The van der Waals surface area contributed by atoms with E-state index in [4.69, 9.17) is 4.98 Å². The summed E-state index contributed by atoms with van der Waals surface area (Å²) in [5.74, 6) is 0.568. The first-order valence-electron chi connectivity index (χ1n) is 11.2. The van der Waals surface area contributed by atoms with Gasteiger partial charge in [0.05, 0.1) is 18.5 Å². The molecule has 0 unspecified atom stereocenters. The molecule has 2 amide bonds. The van der Waals surface area contributed by atoms with Crippen molar-refractivity contribution in [3.8, 4) is 0 Å². The third-order valence-corrected chi connectivity index (χ3v) is 6.92. The molecule has 3 aromatic rings. The molecule has 0 radical (unpaired) electrons. The van der Waals surface area contributed by atoms with Gasteiger partial charge >= 0.3 is 0 Å². The molecule has 0 spiro atoms. The number of likely N-dealkylation sites (tertiary alicyclic amines) is 1. The van der Waals surface area contributed by atoms with Crippen LogP contribution >= 0.6 is 15.9 Å². The van der Waals surface area contributed by atoms with Gasteiger partial charge in [0.1, 0.15) is 11.6 Å². The molecule has 2 aromatic carbocycles. The Morgan fingerprint density at radius 2 is 2.06 bits per heavy atom. The SMILES string of the molecule is O=C1CN(c2nc(N[C@H]3CCN(C(=O)Cc4ccccc4Br)C3)nc3cc(F)ccc23)CCN1. The number of hydrogen-bond donors (Lipinski definition) is 2. The van der Waals surface area contributed by atoms with Gasteiger partial charge in [0.25, 0.3) is 0 Å². The predicted octanol–water partition coefficient (Wildman–Crippen LogP) is 2.72. The van der Waals surface area contributed by atoms with Crippen molar-refractivity contribution < 1.29 is 14.0 Å². The van der Waals surface area contributed by atoms with E-state index < -0.39 is 0 Å². The average Bonchev–Trinajstić information content (AvgIpc) is 3.28. The highest BCUT2D eigenvalue weighted by Crippen LogP contribution is 2.27. The van der Waals surface area contributed by atoms with Crippen LogP contribution < -0.4 is 15.5 Å². The van der Waals surface area contributed by atoms with E-state index in [2.05, 4.69) is 31.5 Å². The van der Waals surface area contributed by atoms with E-state index in [9.17, 15) is 14.0 Å². The fourth-order valence-corrected chi connectivity index (χ4v) is 4.84. The molecule has 0 aliphatic carbocycles. The van der Waals surface area contributed by atoms with Gasteiger partial charge in [-0.15, -0.1) is 0 Å². The van der Waals surface area contributed by atoms with Gasteiger partial charge in [-0.25, -0.2) is 9.37 Å². The molecular formula is C24H24BrFN6O2. The van der Waals surface area contributed by atoms with Crippen LogP contribution in [0.25, 0.3) is 10.9 Å². The van der Waals surface area contributed by atoms with Crippen LogP contribution in [0.4, 0.5) is 16.2 Å². The van der Waals surface area contributed by atoms with Gasteiger partial charge < -0.3 is 20.4 Å². The number of carbonyl (C=O) groups excluding carboxylic acids is 2. The second-order valence-electron chi connectivity index (χ2n) is 8.54. The summed E-state index contributed by atoms with van der Waals surface area (Å²) in [7, 11) is 0. The molecule has 2 N–H and O–H groups in total. The summed E-state index contributed by atoms with van der Waals surface area (Å²) in [6.07, 6.45) is 1.09. The van der Waals surface area contributed by atoms with Crippen molar-refractivity contribution in [3.63, 3.8) is 0 Å². The number of halogens is 2. The van der Waals surface area contributed by atoms with Crippen LogP contribution in [0.2, 0.25) is 0 Å². The minimum absolute atomic E-state index is 0.0216. The third kappa shape index (κ3) is 4.82. The molecule has 8 nitrogen and oxygen atoms in total. The van der Waals surface area contributed by atoms with Crippen molar-refractivity contribution in [2.45, 2.75) is 18.9 Å². The summed E-state index contributed by atoms with van der Waals surface area (Å²) in [6.45, 7) is 2.49. The molecule has 0 saturated carbocycles. The van der Waals surface area contributed by atoms with E-state index in [1.165, 1.54) is 12.1 Å². The van der Waals surface area contributed by atoms with Gasteiger partial charge in [-0.05, 0) is 30.2 Å². The van der Waals surface area contributed by atoms with E-state index in [0.717, 1.165) is 16.5 Å². The molecule has 5 rings (SSSR count). The molecule has 2 saturated heterocycles. The minimum Gasteiger partial charge on any atom is -0.353 e. The van der Waals surface area contributed by atoms with E-state index >= 15 is 0 Å². The summed E-state index contributed by atoms with van der Waals surface area (Å²) in [5.41, 5.74) is 1.43. The Hall–Kier alpha value is -3.27. The number of piperazine rings is 1. The number of amides is 2. The van der Waals surface area contributed by atoms with Gasteiger partial charge in [-0.2, -0.15) is 4.98 Å². The molecule has 176 valence electrons. The van der Waals surface area contributed by atoms with Crippen molar-refractivity contribution in [3.05, 3.63) is 58.3 Å². The van der Waals surface area contributed by atoms with Crippen LogP contribution in [0, 0.1) is 5.82 Å². The van der Waals surface area contributed by atoms with Crippen LogP contribution in [0.15, 0.2) is 46.9 Å². The quantitative estimate of drug-likeness (QED) is 0.531. The maximum atomic E-state index is 14.0. The Balaban J connectivity index is 1.33. The molecule has 34 heavy (non-hydrogen) atoms. The number of benzene rings is 2. The highest BCUT2D eigenvalue weighted by Gasteiger charge is 2.28. The van der Waals surface area contributed by atoms with Gasteiger partial charge in [0.2, 0.25) is 17.8 Å². The molecule has 0 bridgehead atoms. The van der Waals surface area contributed by atoms with Crippen LogP contribution in [0.1, 0.15) is 12.0 Å². The minimum atomic E-state index is -0.385. The predicted molar refractivity (Wildman–Crippen MR) is 131 cm³/mol. The van der Waals surface area contributed by atoms with E-state index in [1.54, 1.807) is 6.07 Å². The lowest BCUT2D eigenvalue weighted by molar-refractivity contribution is -0.129. The van der Waals surface area contributed by atoms with Crippen LogP contribution in [0.5, 0.6) is 0 Å². The summed E-state index contributed by atoms with van der Waals surface area (Å²) < 4.78 is 14.9. The van der Waals surface area contributed by atoms with Crippen molar-refractivity contribution in [2.24, 2.45) is 0 Å². The van der Waals surface area contributed by atoms with E-state index in [1.807, 2.05) is 34.1 Å². The van der Waals surface area contributed by atoms with Crippen LogP contribution in [-0.2, 0) is 16.0 Å². The molecule has 1 aromatic heterocycles. The first-order valence-corrected chi connectivity index (χ1v) is 12.0. The first kappa shape index (κ1) is 22.5. The van der Waals surface area contributed by atoms with Gasteiger partial charge in [0.15, 0.2) is 0 Å². The Morgan fingerprint density at radius 3 is 2.88 bits per heavy atom. The van der Waals surface area contributed by atoms with Crippen molar-refractivity contribution in [1.82, 2.24) is 20.2 Å². The number of hydrogen-bond acceptors (Lipinski definition) is 6. The average molecular weight is 527 g/mol. The number of carbonyl (C=O) groups is 2. The number of nitrogens with one attached hydrogen (secondary N) is 2. The number of fused-ring (bicyclic) bond motifs is 1. The first-order chi connectivity index (χ1) is 16.5. The summed E-state index contributed by atoms with van der Waals surface area (Å²) in [5, 5.41) is 6.83. The molecule has 2 fully saturated rings. The number of nitrogens with zero attached hydrogens (tertiary/aromatic N) is 4. The monoisotopic (exact) mass is 526 g/mol. The Bertz CT molecular complexity index is 1260. The highest BCUT2D eigenvalue weighted by atomic mass is 79.9. The molecular weight excluding hydrogens is 503 g/mol. The molecule has 2 aliphatic heterocycles. The Morgan fingerprint density at radius 1 is 1.21 bits per heavy atom. The van der Waals surface area contributed by atoms with Crippen LogP contribution in [0.3, 0.4) is 0 Å². The van der Waals surface area contributed by atoms with Crippen molar-refractivity contribution in [2.75, 3.05) is 42.9 Å². The Labute approximate surface area is 204 Å². The maximum Gasteiger partial charge on any atom is 0.239 e. The summed E-state index contributed by atoms with van der Waals surface area (Å²) in [4.78, 5) is 37.7. The number of rotatable bonds is 5. The maximum absolute atomic E-state index is 14.0. The normalized spacial score (nSPS) is 18.3. The lowest BCUT2D eigenvalue weighted by Crippen LogP contribution is -2.48. The molecule has 2 aliphatic rings.